The molecule has 21 heavy (non-hydrogen) atoms. The van der Waals surface area contributed by atoms with E-state index in [-0.39, 0.29) is 17.4 Å². The summed E-state index contributed by atoms with van der Waals surface area (Å²) >= 11 is 0. The van der Waals surface area contributed by atoms with Crippen LogP contribution in [0.15, 0.2) is 35.2 Å². The van der Waals surface area contributed by atoms with Crippen LogP contribution in [0.25, 0.3) is 10.9 Å². The number of nitrogens with two attached hydrogens (primary N) is 1. The zero-order valence-electron chi connectivity index (χ0n) is 11.4. The largest absolute Gasteiger partial charge is 0.396 e. The fraction of sp³-hybridized carbons (Fsp3) is 0.357. The van der Waals surface area contributed by atoms with Crippen molar-refractivity contribution >= 4 is 26.7 Å². The molecular formula is C14H17N3O3S. The molecule has 0 aliphatic carbocycles. The fourth-order valence-corrected chi connectivity index (χ4v) is 4.16. The molecule has 1 unspecified atom stereocenters. The average Bonchev–Trinajstić information content (AvgIpc) is 2.96. The molecule has 0 radical (unpaired) electrons. The Morgan fingerprint density at radius 1 is 1.33 bits per heavy atom. The van der Waals surface area contributed by atoms with E-state index < -0.39 is 10.0 Å². The Balaban J connectivity index is 1.97. The minimum atomic E-state index is -3.52. The van der Waals surface area contributed by atoms with Crippen LogP contribution in [-0.4, -0.2) is 42.5 Å². The van der Waals surface area contributed by atoms with Gasteiger partial charge in [-0.1, -0.05) is 0 Å². The zero-order chi connectivity index (χ0) is 15.0. The summed E-state index contributed by atoms with van der Waals surface area (Å²) in [5.41, 5.74) is 6.29. The number of nitrogen functional groups attached to an aromatic ring is 1. The number of sulfonamides is 1. The van der Waals surface area contributed by atoms with Crippen molar-refractivity contribution in [1.82, 2.24) is 9.29 Å². The van der Waals surface area contributed by atoms with Gasteiger partial charge in [-0.2, -0.15) is 4.31 Å². The second-order valence-electron chi connectivity index (χ2n) is 5.29. The molecule has 3 rings (SSSR count). The number of aromatic nitrogens is 1. The van der Waals surface area contributed by atoms with Gasteiger partial charge >= 0.3 is 0 Å². The number of fused-ring (bicyclic) bond motifs is 1. The number of hydrogen-bond acceptors (Lipinski definition) is 5. The van der Waals surface area contributed by atoms with Crippen LogP contribution in [0.4, 0.5) is 5.82 Å². The summed E-state index contributed by atoms with van der Waals surface area (Å²) in [6, 6.07) is 8.24. The van der Waals surface area contributed by atoms with Gasteiger partial charge in [-0.3, -0.25) is 0 Å². The molecule has 2 heterocycles. The lowest BCUT2D eigenvalue weighted by atomic mass is 10.1. The summed E-state index contributed by atoms with van der Waals surface area (Å²) in [4.78, 5) is 4.41. The Kier molecular flexibility index (Phi) is 3.56. The highest BCUT2D eigenvalue weighted by atomic mass is 32.2. The van der Waals surface area contributed by atoms with E-state index >= 15 is 0 Å². The van der Waals surface area contributed by atoms with Crippen molar-refractivity contribution in [1.29, 1.82) is 0 Å². The Morgan fingerprint density at radius 3 is 2.86 bits per heavy atom. The maximum atomic E-state index is 12.6. The number of aliphatic hydroxyl groups excluding tert-OH is 1. The highest BCUT2D eigenvalue weighted by Crippen LogP contribution is 2.26. The third-order valence-corrected chi connectivity index (χ3v) is 5.69. The Morgan fingerprint density at radius 2 is 2.14 bits per heavy atom. The van der Waals surface area contributed by atoms with E-state index in [4.69, 9.17) is 10.8 Å². The molecule has 1 aliphatic rings. The van der Waals surface area contributed by atoms with Crippen molar-refractivity contribution in [2.75, 3.05) is 25.4 Å². The molecule has 7 heteroatoms. The van der Waals surface area contributed by atoms with Crippen molar-refractivity contribution in [3.05, 3.63) is 30.3 Å². The van der Waals surface area contributed by atoms with Gasteiger partial charge in [0.25, 0.3) is 0 Å². The second-order valence-corrected chi connectivity index (χ2v) is 7.23. The fourth-order valence-electron chi connectivity index (χ4n) is 2.59. The zero-order valence-corrected chi connectivity index (χ0v) is 12.3. The molecule has 0 saturated carbocycles. The number of benzene rings is 1. The number of pyridine rings is 1. The molecule has 3 N–H and O–H groups in total. The van der Waals surface area contributed by atoms with Crippen LogP contribution in [0.3, 0.4) is 0 Å². The number of anilines is 1. The van der Waals surface area contributed by atoms with E-state index in [0.29, 0.717) is 30.8 Å². The molecule has 1 saturated heterocycles. The van der Waals surface area contributed by atoms with Crippen LogP contribution in [0.2, 0.25) is 0 Å². The molecule has 2 aromatic rings. The first-order chi connectivity index (χ1) is 10.0. The smallest absolute Gasteiger partial charge is 0.243 e. The second kappa shape index (κ2) is 5.25. The molecule has 0 amide bonds. The normalized spacial score (nSPS) is 20.1. The SMILES string of the molecule is Nc1ccc2cc(S(=O)(=O)N3CCC(CO)C3)ccc2n1. The molecule has 1 aromatic carbocycles. The topological polar surface area (TPSA) is 96.5 Å². The van der Waals surface area contributed by atoms with E-state index in [1.165, 1.54) is 4.31 Å². The average molecular weight is 307 g/mol. The minimum absolute atomic E-state index is 0.0208. The molecule has 6 nitrogen and oxygen atoms in total. The van der Waals surface area contributed by atoms with Gasteiger partial charge in [-0.15, -0.1) is 0 Å². The third-order valence-electron chi connectivity index (χ3n) is 3.83. The van der Waals surface area contributed by atoms with Gasteiger partial charge in [0.15, 0.2) is 0 Å². The van der Waals surface area contributed by atoms with E-state index in [0.717, 1.165) is 5.39 Å². The van der Waals surface area contributed by atoms with Crippen molar-refractivity contribution in [3.8, 4) is 0 Å². The quantitative estimate of drug-likeness (QED) is 0.875. The predicted molar refractivity (Wildman–Crippen MR) is 80.1 cm³/mol. The van der Waals surface area contributed by atoms with E-state index in [2.05, 4.69) is 4.98 Å². The Hall–Kier alpha value is -1.70. The molecule has 1 aliphatic heterocycles. The maximum absolute atomic E-state index is 12.6. The van der Waals surface area contributed by atoms with Crippen molar-refractivity contribution in [2.45, 2.75) is 11.3 Å². The van der Waals surface area contributed by atoms with Crippen LogP contribution >= 0.6 is 0 Å². The first-order valence-corrected chi connectivity index (χ1v) is 8.22. The van der Waals surface area contributed by atoms with Gasteiger partial charge in [0.1, 0.15) is 5.82 Å². The van der Waals surface area contributed by atoms with Crippen molar-refractivity contribution in [2.24, 2.45) is 5.92 Å². The number of rotatable bonds is 3. The summed E-state index contributed by atoms with van der Waals surface area (Å²) in [5, 5.41) is 9.88. The van der Waals surface area contributed by atoms with Crippen molar-refractivity contribution in [3.63, 3.8) is 0 Å². The highest BCUT2D eigenvalue weighted by molar-refractivity contribution is 7.89. The van der Waals surface area contributed by atoms with Gasteiger partial charge in [-0.05, 0) is 42.7 Å². The lowest BCUT2D eigenvalue weighted by molar-refractivity contribution is 0.233. The maximum Gasteiger partial charge on any atom is 0.243 e. The van der Waals surface area contributed by atoms with Crippen molar-refractivity contribution < 1.29 is 13.5 Å². The van der Waals surface area contributed by atoms with Gasteiger partial charge in [0, 0.05) is 25.1 Å². The van der Waals surface area contributed by atoms with E-state index in [1.807, 2.05) is 0 Å². The summed E-state index contributed by atoms with van der Waals surface area (Å²) in [6.07, 6.45) is 0.696. The van der Waals surface area contributed by atoms with Crippen LogP contribution < -0.4 is 5.73 Å². The Labute approximate surface area is 123 Å². The summed E-state index contributed by atoms with van der Waals surface area (Å²) < 4.78 is 26.6. The molecule has 1 aromatic heterocycles. The van der Waals surface area contributed by atoms with E-state index in [1.54, 1.807) is 30.3 Å². The molecule has 0 spiro atoms. The number of nitrogens with zero attached hydrogens (tertiary/aromatic N) is 2. The molecule has 1 atom stereocenters. The summed E-state index contributed by atoms with van der Waals surface area (Å²) in [6.45, 7) is 0.843. The monoisotopic (exact) mass is 307 g/mol. The molecule has 0 bridgehead atoms. The van der Waals surface area contributed by atoms with Crippen LogP contribution in [-0.2, 0) is 10.0 Å². The standard InChI is InChI=1S/C14H17N3O3S/c15-14-4-1-11-7-12(2-3-13(11)16-14)21(19,20)17-6-5-10(8-17)9-18/h1-4,7,10,18H,5-6,8-9H2,(H2,15,16). The minimum Gasteiger partial charge on any atom is -0.396 e. The molecular weight excluding hydrogens is 290 g/mol. The predicted octanol–water partition coefficient (Wildman–Crippen LogP) is 0.820. The third kappa shape index (κ3) is 2.59. The van der Waals surface area contributed by atoms with Gasteiger partial charge in [0.05, 0.1) is 10.4 Å². The van der Waals surface area contributed by atoms with E-state index in [9.17, 15) is 8.42 Å². The van der Waals surface area contributed by atoms with Gasteiger partial charge in [-0.25, -0.2) is 13.4 Å². The van der Waals surface area contributed by atoms with Crippen LogP contribution in [0.1, 0.15) is 6.42 Å². The first-order valence-electron chi connectivity index (χ1n) is 6.78. The van der Waals surface area contributed by atoms with Crippen LogP contribution in [0, 0.1) is 5.92 Å². The lowest BCUT2D eigenvalue weighted by Crippen LogP contribution is -2.29. The van der Waals surface area contributed by atoms with Gasteiger partial charge in [0.2, 0.25) is 10.0 Å². The number of hydrogen-bond donors (Lipinski definition) is 2. The van der Waals surface area contributed by atoms with Crippen LogP contribution in [0.5, 0.6) is 0 Å². The highest BCUT2D eigenvalue weighted by Gasteiger charge is 2.32. The first kappa shape index (κ1) is 14.2. The Bertz CT molecular complexity index is 776. The summed E-state index contributed by atoms with van der Waals surface area (Å²) in [5.74, 6) is 0.435. The van der Waals surface area contributed by atoms with Gasteiger partial charge < -0.3 is 10.8 Å². The summed E-state index contributed by atoms with van der Waals surface area (Å²) in [7, 11) is -3.52. The lowest BCUT2D eigenvalue weighted by Gasteiger charge is -2.16. The molecule has 112 valence electrons. The molecule has 1 fully saturated rings. The number of aliphatic hydroxyl groups is 1.